The van der Waals surface area contributed by atoms with Crippen LogP contribution < -0.4 is 16.4 Å². The molecular formula is C14H27N3O2. The normalized spacial score (nSPS) is 23.8. The number of rotatable bonds is 4. The summed E-state index contributed by atoms with van der Waals surface area (Å²) in [6, 6.07) is 0.128. The Morgan fingerprint density at radius 1 is 1.16 bits per heavy atom. The minimum absolute atomic E-state index is 0.0397. The molecule has 1 fully saturated rings. The van der Waals surface area contributed by atoms with E-state index in [9.17, 15) is 9.59 Å². The molecule has 0 spiro atoms. The molecular weight excluding hydrogens is 242 g/mol. The summed E-state index contributed by atoms with van der Waals surface area (Å²) >= 11 is 0. The van der Waals surface area contributed by atoms with Gasteiger partial charge in [0.1, 0.15) is 0 Å². The van der Waals surface area contributed by atoms with E-state index in [4.69, 9.17) is 5.73 Å². The van der Waals surface area contributed by atoms with E-state index in [2.05, 4.69) is 10.6 Å². The Labute approximate surface area is 115 Å². The average molecular weight is 269 g/mol. The maximum Gasteiger partial charge on any atom is 0.239 e. The summed E-state index contributed by atoms with van der Waals surface area (Å²) in [6.45, 7) is 5.77. The fourth-order valence-electron chi connectivity index (χ4n) is 2.44. The number of carbonyl (C=O) groups excluding carboxylic acids is 2. The highest BCUT2D eigenvalue weighted by molar-refractivity contribution is 5.85. The molecule has 0 saturated heterocycles. The lowest BCUT2D eigenvalue weighted by molar-refractivity contribution is -0.127. The topological polar surface area (TPSA) is 84.2 Å². The molecule has 1 aliphatic carbocycles. The molecule has 0 radical (unpaired) electrons. The van der Waals surface area contributed by atoms with Crippen molar-refractivity contribution in [2.24, 2.45) is 11.7 Å². The predicted molar refractivity (Wildman–Crippen MR) is 75.5 cm³/mol. The van der Waals surface area contributed by atoms with Crippen molar-refractivity contribution in [3.63, 3.8) is 0 Å². The second kappa shape index (κ2) is 6.89. The van der Waals surface area contributed by atoms with Gasteiger partial charge >= 0.3 is 0 Å². The van der Waals surface area contributed by atoms with Crippen LogP contribution in [0.25, 0.3) is 0 Å². The first-order valence-electron chi connectivity index (χ1n) is 7.11. The van der Waals surface area contributed by atoms with Gasteiger partial charge in [0.2, 0.25) is 11.8 Å². The highest BCUT2D eigenvalue weighted by Crippen LogP contribution is 2.25. The smallest absolute Gasteiger partial charge is 0.239 e. The second-order valence-electron chi connectivity index (χ2n) is 6.49. The monoisotopic (exact) mass is 269 g/mol. The lowest BCUT2D eigenvalue weighted by Gasteiger charge is -2.28. The molecule has 2 unspecified atom stereocenters. The fraction of sp³-hybridized carbons (Fsp3) is 0.857. The Bertz CT molecular complexity index is 323. The summed E-state index contributed by atoms with van der Waals surface area (Å²) in [6.07, 6.45) is 4.76. The zero-order valence-electron chi connectivity index (χ0n) is 12.3. The van der Waals surface area contributed by atoms with Crippen molar-refractivity contribution in [1.82, 2.24) is 10.6 Å². The standard InChI is InChI=1S/C14H27N3O2/c1-14(2,3)17-13(19)9-16-12(18)8-10-6-4-5-7-11(10)15/h10-11H,4-9,15H2,1-3H3,(H,16,18)(H,17,19). The van der Waals surface area contributed by atoms with Gasteiger partial charge in [0.05, 0.1) is 6.54 Å². The summed E-state index contributed by atoms with van der Waals surface area (Å²) in [5.41, 5.74) is 5.74. The molecule has 110 valence electrons. The number of hydrogen-bond acceptors (Lipinski definition) is 3. The Kier molecular flexibility index (Phi) is 5.79. The van der Waals surface area contributed by atoms with Crippen molar-refractivity contribution in [3.05, 3.63) is 0 Å². The first-order valence-corrected chi connectivity index (χ1v) is 7.11. The van der Waals surface area contributed by atoms with E-state index >= 15 is 0 Å². The molecule has 1 rings (SSSR count). The van der Waals surface area contributed by atoms with Crippen LogP contribution in [-0.2, 0) is 9.59 Å². The highest BCUT2D eigenvalue weighted by atomic mass is 16.2. The average Bonchev–Trinajstić information content (AvgIpc) is 2.27. The Morgan fingerprint density at radius 2 is 1.79 bits per heavy atom. The number of amides is 2. The van der Waals surface area contributed by atoms with E-state index in [0.717, 1.165) is 25.7 Å². The second-order valence-corrected chi connectivity index (χ2v) is 6.49. The van der Waals surface area contributed by atoms with Crippen molar-refractivity contribution in [2.75, 3.05) is 6.54 Å². The largest absolute Gasteiger partial charge is 0.350 e. The molecule has 0 aromatic rings. The van der Waals surface area contributed by atoms with E-state index in [1.807, 2.05) is 20.8 Å². The van der Waals surface area contributed by atoms with Crippen LogP contribution in [0.2, 0.25) is 0 Å². The van der Waals surface area contributed by atoms with Crippen LogP contribution in [0.1, 0.15) is 52.9 Å². The van der Waals surface area contributed by atoms with Gasteiger partial charge in [-0.25, -0.2) is 0 Å². The third-order valence-electron chi connectivity index (χ3n) is 3.38. The van der Waals surface area contributed by atoms with Crippen LogP contribution in [-0.4, -0.2) is 29.9 Å². The lowest BCUT2D eigenvalue weighted by atomic mass is 9.83. The molecule has 1 saturated carbocycles. The van der Waals surface area contributed by atoms with Gasteiger partial charge in [-0.2, -0.15) is 0 Å². The number of hydrogen-bond donors (Lipinski definition) is 3. The van der Waals surface area contributed by atoms with E-state index in [1.54, 1.807) is 0 Å². The van der Waals surface area contributed by atoms with Crippen molar-refractivity contribution in [1.29, 1.82) is 0 Å². The predicted octanol–water partition coefficient (Wildman–Crippen LogP) is 0.925. The summed E-state index contributed by atoms with van der Waals surface area (Å²) in [4.78, 5) is 23.3. The van der Waals surface area contributed by atoms with E-state index in [1.165, 1.54) is 0 Å². The molecule has 0 heterocycles. The molecule has 5 nitrogen and oxygen atoms in total. The van der Waals surface area contributed by atoms with Gasteiger partial charge in [-0.3, -0.25) is 9.59 Å². The molecule has 0 aromatic heterocycles. The quantitative estimate of drug-likeness (QED) is 0.709. The molecule has 0 bridgehead atoms. The van der Waals surface area contributed by atoms with Gasteiger partial charge in [0.25, 0.3) is 0 Å². The molecule has 0 aliphatic heterocycles. The lowest BCUT2D eigenvalue weighted by Crippen LogP contribution is -2.46. The number of nitrogens with one attached hydrogen (secondary N) is 2. The van der Waals surface area contributed by atoms with Crippen molar-refractivity contribution in [3.8, 4) is 0 Å². The van der Waals surface area contributed by atoms with Gasteiger partial charge in [-0.1, -0.05) is 12.8 Å². The van der Waals surface area contributed by atoms with Crippen molar-refractivity contribution in [2.45, 2.75) is 64.5 Å². The third-order valence-corrected chi connectivity index (χ3v) is 3.38. The zero-order chi connectivity index (χ0) is 14.5. The Hall–Kier alpha value is -1.10. The molecule has 19 heavy (non-hydrogen) atoms. The molecule has 0 aromatic carbocycles. The summed E-state index contributed by atoms with van der Waals surface area (Å²) in [7, 11) is 0. The highest BCUT2D eigenvalue weighted by Gasteiger charge is 2.24. The maximum atomic E-state index is 11.8. The number of nitrogens with two attached hydrogens (primary N) is 1. The van der Waals surface area contributed by atoms with Crippen molar-refractivity contribution < 1.29 is 9.59 Å². The minimum atomic E-state index is -0.270. The van der Waals surface area contributed by atoms with Gasteiger partial charge < -0.3 is 16.4 Å². The molecule has 2 atom stereocenters. The minimum Gasteiger partial charge on any atom is -0.350 e. The van der Waals surface area contributed by atoms with Crippen LogP contribution in [0.4, 0.5) is 0 Å². The van der Waals surface area contributed by atoms with E-state index in [-0.39, 0.29) is 35.9 Å². The van der Waals surface area contributed by atoms with Crippen LogP contribution in [0.15, 0.2) is 0 Å². The van der Waals surface area contributed by atoms with Crippen LogP contribution in [0.3, 0.4) is 0 Å². The molecule has 4 N–H and O–H groups in total. The first kappa shape index (κ1) is 16.0. The summed E-state index contributed by atoms with van der Waals surface area (Å²) in [5, 5.41) is 5.47. The van der Waals surface area contributed by atoms with E-state index in [0.29, 0.717) is 6.42 Å². The summed E-state index contributed by atoms with van der Waals surface area (Å²) in [5.74, 6) is 0.0274. The first-order chi connectivity index (χ1) is 8.78. The van der Waals surface area contributed by atoms with Crippen LogP contribution in [0, 0.1) is 5.92 Å². The fourth-order valence-corrected chi connectivity index (χ4v) is 2.44. The van der Waals surface area contributed by atoms with E-state index < -0.39 is 0 Å². The molecule has 1 aliphatic rings. The Morgan fingerprint density at radius 3 is 2.37 bits per heavy atom. The molecule has 2 amide bonds. The van der Waals surface area contributed by atoms with Gasteiger partial charge in [0.15, 0.2) is 0 Å². The Balaban J connectivity index is 2.26. The number of carbonyl (C=O) groups is 2. The van der Waals surface area contributed by atoms with Crippen LogP contribution >= 0.6 is 0 Å². The third kappa shape index (κ3) is 6.57. The zero-order valence-corrected chi connectivity index (χ0v) is 12.3. The van der Waals surface area contributed by atoms with Gasteiger partial charge in [0, 0.05) is 18.0 Å². The van der Waals surface area contributed by atoms with Crippen molar-refractivity contribution >= 4 is 11.8 Å². The van der Waals surface area contributed by atoms with Gasteiger partial charge in [-0.05, 0) is 39.5 Å². The SMILES string of the molecule is CC(C)(C)NC(=O)CNC(=O)CC1CCCCC1N. The summed E-state index contributed by atoms with van der Waals surface area (Å²) < 4.78 is 0. The van der Waals surface area contributed by atoms with Crippen LogP contribution in [0.5, 0.6) is 0 Å². The maximum absolute atomic E-state index is 11.8. The molecule has 5 heteroatoms. The van der Waals surface area contributed by atoms with Gasteiger partial charge in [-0.15, -0.1) is 0 Å².